The number of amides is 1. The highest BCUT2D eigenvalue weighted by molar-refractivity contribution is 9.10. The summed E-state index contributed by atoms with van der Waals surface area (Å²) in [6.07, 6.45) is 4.12. The van der Waals surface area contributed by atoms with Gasteiger partial charge in [-0.1, -0.05) is 18.2 Å². The van der Waals surface area contributed by atoms with Crippen molar-refractivity contribution in [2.24, 2.45) is 0 Å². The Kier molecular flexibility index (Phi) is 6.30. The van der Waals surface area contributed by atoms with Gasteiger partial charge >= 0.3 is 0 Å². The second-order valence-electron chi connectivity index (χ2n) is 6.89. The smallest absolute Gasteiger partial charge is 0.227 e. The number of benzene rings is 2. The van der Waals surface area contributed by atoms with Gasteiger partial charge in [0.1, 0.15) is 5.82 Å². The Morgan fingerprint density at radius 2 is 1.73 bits per heavy atom. The molecule has 26 heavy (non-hydrogen) atoms. The molecule has 138 valence electrons. The summed E-state index contributed by atoms with van der Waals surface area (Å²) in [6.45, 7) is 2.83. The summed E-state index contributed by atoms with van der Waals surface area (Å²) in [5.74, 6) is -0.299. The lowest BCUT2D eigenvalue weighted by molar-refractivity contribution is -0.129. The van der Waals surface area contributed by atoms with Gasteiger partial charge in [-0.2, -0.15) is 0 Å². The highest BCUT2D eigenvalue weighted by atomic mass is 79.9. The van der Waals surface area contributed by atoms with Gasteiger partial charge in [0.2, 0.25) is 5.91 Å². The van der Waals surface area contributed by atoms with Gasteiger partial charge in [0, 0.05) is 32.4 Å². The molecule has 1 heterocycles. The Morgan fingerprint density at radius 3 is 2.38 bits per heavy atom. The van der Waals surface area contributed by atoms with Gasteiger partial charge in [-0.05, 0) is 70.6 Å². The summed E-state index contributed by atoms with van der Waals surface area (Å²) in [6, 6.07) is 13.2. The summed E-state index contributed by atoms with van der Waals surface area (Å²) in [5.41, 5.74) is 3.18. The summed E-state index contributed by atoms with van der Waals surface area (Å²) in [4.78, 5) is 16.6. The van der Waals surface area contributed by atoms with Crippen LogP contribution in [0.2, 0.25) is 0 Å². The third kappa shape index (κ3) is 4.85. The van der Waals surface area contributed by atoms with Crippen LogP contribution in [-0.4, -0.2) is 30.9 Å². The molecule has 1 aliphatic heterocycles. The van der Waals surface area contributed by atoms with E-state index in [-0.39, 0.29) is 18.1 Å². The van der Waals surface area contributed by atoms with Crippen LogP contribution < -0.4 is 4.90 Å². The first-order valence-electron chi connectivity index (χ1n) is 9.05. The molecule has 2 aromatic rings. The predicted molar refractivity (Wildman–Crippen MR) is 107 cm³/mol. The first-order valence-corrected chi connectivity index (χ1v) is 9.84. The van der Waals surface area contributed by atoms with Crippen molar-refractivity contribution in [1.82, 2.24) is 4.90 Å². The number of halogens is 2. The minimum absolute atomic E-state index is 0.0172. The number of likely N-dealkylation sites (N-methyl/N-ethyl adjacent to an activating group) is 1. The number of anilines is 1. The zero-order valence-corrected chi connectivity index (χ0v) is 16.6. The molecule has 0 N–H and O–H groups in total. The van der Waals surface area contributed by atoms with E-state index in [2.05, 4.69) is 45.1 Å². The van der Waals surface area contributed by atoms with Gasteiger partial charge in [0.05, 0.1) is 10.9 Å². The second kappa shape index (κ2) is 8.67. The Labute approximate surface area is 162 Å². The monoisotopic (exact) mass is 418 g/mol. The van der Waals surface area contributed by atoms with Crippen molar-refractivity contribution >= 4 is 27.5 Å². The first kappa shape index (κ1) is 18.9. The lowest BCUT2D eigenvalue weighted by Gasteiger charge is -2.29. The number of rotatable bonds is 5. The van der Waals surface area contributed by atoms with E-state index in [1.807, 2.05) is 0 Å². The molecule has 3 rings (SSSR count). The molecule has 1 aliphatic rings. The molecule has 0 atom stereocenters. The van der Waals surface area contributed by atoms with E-state index in [0.29, 0.717) is 11.0 Å². The molecule has 3 nitrogen and oxygen atoms in total. The molecule has 5 heteroatoms. The van der Waals surface area contributed by atoms with Crippen LogP contribution in [0.3, 0.4) is 0 Å². The summed E-state index contributed by atoms with van der Waals surface area (Å²) in [5, 5.41) is 0. The largest absolute Gasteiger partial charge is 0.372 e. The van der Waals surface area contributed by atoms with Crippen LogP contribution in [0.5, 0.6) is 0 Å². The molecular formula is C21H24BrFN2O. The van der Waals surface area contributed by atoms with Crippen molar-refractivity contribution in [1.29, 1.82) is 0 Å². The molecule has 0 radical (unpaired) electrons. The van der Waals surface area contributed by atoms with E-state index < -0.39 is 0 Å². The predicted octanol–water partition coefficient (Wildman–Crippen LogP) is 4.78. The number of carbonyl (C=O) groups excluding carboxylic acids is 1. The van der Waals surface area contributed by atoms with Crippen LogP contribution in [-0.2, 0) is 17.8 Å². The molecule has 0 saturated carbocycles. The van der Waals surface area contributed by atoms with Gasteiger partial charge in [-0.25, -0.2) is 4.39 Å². The van der Waals surface area contributed by atoms with Gasteiger partial charge in [-0.15, -0.1) is 0 Å². The van der Waals surface area contributed by atoms with Crippen molar-refractivity contribution in [2.75, 3.05) is 25.0 Å². The Balaban J connectivity index is 1.57. The second-order valence-corrected chi connectivity index (χ2v) is 7.74. The van der Waals surface area contributed by atoms with Crippen LogP contribution in [0.1, 0.15) is 30.4 Å². The van der Waals surface area contributed by atoms with Gasteiger partial charge in [0.25, 0.3) is 0 Å². The van der Waals surface area contributed by atoms with Crippen LogP contribution >= 0.6 is 15.9 Å². The number of nitrogens with zero attached hydrogens (tertiary/aromatic N) is 2. The van der Waals surface area contributed by atoms with Crippen LogP contribution in [0.25, 0.3) is 0 Å². The van der Waals surface area contributed by atoms with E-state index in [1.165, 1.54) is 31.0 Å². The molecule has 0 spiro atoms. The van der Waals surface area contributed by atoms with Crippen molar-refractivity contribution in [3.8, 4) is 0 Å². The maximum atomic E-state index is 13.3. The Morgan fingerprint density at radius 1 is 1.08 bits per heavy atom. The minimum atomic E-state index is -0.316. The van der Waals surface area contributed by atoms with E-state index in [4.69, 9.17) is 0 Å². The highest BCUT2D eigenvalue weighted by Gasteiger charge is 2.13. The van der Waals surface area contributed by atoms with E-state index in [0.717, 1.165) is 24.2 Å². The van der Waals surface area contributed by atoms with E-state index in [1.54, 1.807) is 24.1 Å². The molecule has 1 saturated heterocycles. The standard InChI is InChI=1S/C21H24BrFN2O/c1-24(21(26)14-17-7-10-20(23)19(22)13-17)15-16-5-8-18(9-6-16)25-11-3-2-4-12-25/h5-10,13H,2-4,11-12,14-15H2,1H3. The molecule has 0 bridgehead atoms. The maximum Gasteiger partial charge on any atom is 0.227 e. The van der Waals surface area contributed by atoms with Crippen molar-refractivity contribution < 1.29 is 9.18 Å². The Hall–Kier alpha value is -1.88. The lowest BCUT2D eigenvalue weighted by Crippen LogP contribution is -2.29. The van der Waals surface area contributed by atoms with Crippen molar-refractivity contribution in [2.45, 2.75) is 32.2 Å². The zero-order chi connectivity index (χ0) is 18.5. The summed E-state index contributed by atoms with van der Waals surface area (Å²) >= 11 is 3.16. The fourth-order valence-electron chi connectivity index (χ4n) is 3.29. The molecule has 0 aromatic heterocycles. The van der Waals surface area contributed by atoms with Gasteiger partial charge < -0.3 is 9.80 Å². The van der Waals surface area contributed by atoms with Crippen LogP contribution in [0.4, 0.5) is 10.1 Å². The number of hydrogen-bond acceptors (Lipinski definition) is 2. The molecule has 2 aromatic carbocycles. The lowest BCUT2D eigenvalue weighted by atomic mass is 10.1. The first-order chi connectivity index (χ1) is 12.5. The van der Waals surface area contributed by atoms with E-state index >= 15 is 0 Å². The molecule has 1 fully saturated rings. The fraction of sp³-hybridized carbons (Fsp3) is 0.381. The van der Waals surface area contributed by atoms with Gasteiger partial charge in [0.15, 0.2) is 0 Å². The third-order valence-electron chi connectivity index (χ3n) is 4.84. The number of carbonyl (C=O) groups is 1. The number of piperidine rings is 1. The molecule has 0 aliphatic carbocycles. The SMILES string of the molecule is CN(Cc1ccc(N2CCCCC2)cc1)C(=O)Cc1ccc(F)c(Br)c1. The number of hydrogen-bond donors (Lipinski definition) is 0. The van der Waals surface area contributed by atoms with Crippen LogP contribution in [0.15, 0.2) is 46.9 Å². The normalized spacial score (nSPS) is 14.3. The summed E-state index contributed by atoms with van der Waals surface area (Å²) in [7, 11) is 1.81. The molecule has 1 amide bonds. The average Bonchev–Trinajstić information content (AvgIpc) is 2.66. The zero-order valence-electron chi connectivity index (χ0n) is 15.0. The van der Waals surface area contributed by atoms with Crippen molar-refractivity contribution in [3.63, 3.8) is 0 Å². The fourth-order valence-corrected chi connectivity index (χ4v) is 3.71. The summed E-state index contributed by atoms with van der Waals surface area (Å²) < 4.78 is 13.7. The maximum absolute atomic E-state index is 13.3. The third-order valence-corrected chi connectivity index (χ3v) is 5.45. The van der Waals surface area contributed by atoms with Gasteiger partial charge in [-0.3, -0.25) is 4.79 Å². The van der Waals surface area contributed by atoms with Crippen molar-refractivity contribution in [3.05, 3.63) is 63.9 Å². The molecular weight excluding hydrogens is 395 g/mol. The topological polar surface area (TPSA) is 23.6 Å². The highest BCUT2D eigenvalue weighted by Crippen LogP contribution is 2.21. The quantitative estimate of drug-likeness (QED) is 0.697. The minimum Gasteiger partial charge on any atom is -0.372 e. The Bertz CT molecular complexity index is 757. The van der Waals surface area contributed by atoms with Crippen LogP contribution in [0, 0.1) is 5.82 Å². The van der Waals surface area contributed by atoms with E-state index in [9.17, 15) is 9.18 Å². The molecule has 0 unspecified atom stereocenters. The average molecular weight is 419 g/mol.